The lowest BCUT2D eigenvalue weighted by atomic mass is 10.2. The summed E-state index contributed by atoms with van der Waals surface area (Å²) < 4.78 is 4.11. The van der Waals surface area contributed by atoms with Crippen molar-refractivity contribution in [3.63, 3.8) is 0 Å². The molecule has 2 heterocycles. The van der Waals surface area contributed by atoms with Crippen LogP contribution in [0.2, 0.25) is 0 Å². The van der Waals surface area contributed by atoms with Gasteiger partial charge in [-0.05, 0) is 18.5 Å². The smallest absolute Gasteiger partial charge is 0.110 e. The van der Waals surface area contributed by atoms with E-state index in [2.05, 4.69) is 44.6 Å². The molecule has 5 heteroatoms. The summed E-state index contributed by atoms with van der Waals surface area (Å²) in [6.07, 6.45) is 6.58. The van der Waals surface area contributed by atoms with Crippen LogP contribution in [0.25, 0.3) is 0 Å². The van der Waals surface area contributed by atoms with Gasteiger partial charge in [0.2, 0.25) is 0 Å². The average Bonchev–Trinajstić information content (AvgIpc) is 2.95. The predicted molar refractivity (Wildman–Crippen MR) is 75.7 cm³/mol. The molecule has 2 rings (SSSR count). The molecule has 2 aromatic rings. The van der Waals surface area contributed by atoms with Crippen molar-refractivity contribution in [1.82, 2.24) is 24.6 Å². The van der Waals surface area contributed by atoms with Crippen molar-refractivity contribution in [2.45, 2.75) is 33.4 Å². The van der Waals surface area contributed by atoms with Gasteiger partial charge in [0.1, 0.15) is 5.82 Å². The van der Waals surface area contributed by atoms with E-state index in [0.29, 0.717) is 5.92 Å². The van der Waals surface area contributed by atoms with Crippen molar-refractivity contribution >= 4 is 0 Å². The molecule has 0 fully saturated rings. The number of hydrogen-bond donors (Lipinski definition) is 1. The maximum absolute atomic E-state index is 4.38. The standard InChI is InChI=1S/C14H23N5/c1-12(2)10-15-11-13-4-6-17-19(13)8-5-14-16-7-9-18(14)3/h4,6-7,9,12,15H,5,8,10-11H2,1-3H3. The number of hydrogen-bond acceptors (Lipinski definition) is 3. The molecule has 19 heavy (non-hydrogen) atoms. The van der Waals surface area contributed by atoms with E-state index < -0.39 is 0 Å². The second kappa shape index (κ2) is 6.52. The Morgan fingerprint density at radius 2 is 2.16 bits per heavy atom. The Balaban J connectivity index is 1.87. The van der Waals surface area contributed by atoms with Crippen LogP contribution in [0.4, 0.5) is 0 Å². The Morgan fingerprint density at radius 1 is 1.32 bits per heavy atom. The second-order valence-corrected chi connectivity index (χ2v) is 5.27. The Morgan fingerprint density at radius 3 is 2.84 bits per heavy atom. The Kier molecular flexibility index (Phi) is 4.74. The number of aryl methyl sites for hydroxylation is 3. The largest absolute Gasteiger partial charge is 0.338 e. The zero-order valence-electron chi connectivity index (χ0n) is 12.0. The van der Waals surface area contributed by atoms with Crippen LogP contribution in [-0.4, -0.2) is 25.9 Å². The normalized spacial score (nSPS) is 11.4. The van der Waals surface area contributed by atoms with Crippen LogP contribution >= 0.6 is 0 Å². The van der Waals surface area contributed by atoms with Crippen LogP contribution in [0, 0.1) is 5.92 Å². The van der Waals surface area contributed by atoms with E-state index >= 15 is 0 Å². The maximum Gasteiger partial charge on any atom is 0.110 e. The first-order valence-corrected chi connectivity index (χ1v) is 6.84. The number of rotatable bonds is 7. The van der Waals surface area contributed by atoms with Gasteiger partial charge in [0, 0.05) is 45.1 Å². The Bertz CT molecular complexity index is 497. The molecule has 2 aromatic heterocycles. The summed E-state index contributed by atoms with van der Waals surface area (Å²) in [5.41, 5.74) is 1.23. The first-order chi connectivity index (χ1) is 9.16. The van der Waals surface area contributed by atoms with Crippen molar-refractivity contribution in [3.8, 4) is 0 Å². The van der Waals surface area contributed by atoms with Gasteiger partial charge in [-0.1, -0.05) is 13.8 Å². The van der Waals surface area contributed by atoms with E-state index in [0.717, 1.165) is 31.9 Å². The zero-order chi connectivity index (χ0) is 13.7. The third-order valence-corrected chi connectivity index (χ3v) is 3.13. The highest BCUT2D eigenvalue weighted by atomic mass is 15.3. The fourth-order valence-electron chi connectivity index (χ4n) is 2.04. The molecule has 0 aliphatic heterocycles. The van der Waals surface area contributed by atoms with E-state index in [1.165, 1.54) is 5.69 Å². The summed E-state index contributed by atoms with van der Waals surface area (Å²) in [5, 5.41) is 7.83. The summed E-state index contributed by atoms with van der Waals surface area (Å²) in [6, 6.07) is 2.08. The minimum atomic E-state index is 0.670. The molecule has 104 valence electrons. The predicted octanol–water partition coefficient (Wildman–Crippen LogP) is 1.60. The van der Waals surface area contributed by atoms with Gasteiger partial charge in [0.25, 0.3) is 0 Å². The van der Waals surface area contributed by atoms with Crippen molar-refractivity contribution in [2.24, 2.45) is 13.0 Å². The highest BCUT2D eigenvalue weighted by molar-refractivity contribution is 5.01. The average molecular weight is 261 g/mol. The van der Waals surface area contributed by atoms with Gasteiger partial charge < -0.3 is 9.88 Å². The Labute approximate surface area is 114 Å². The van der Waals surface area contributed by atoms with E-state index in [-0.39, 0.29) is 0 Å². The summed E-state index contributed by atoms with van der Waals surface area (Å²) in [4.78, 5) is 4.34. The minimum Gasteiger partial charge on any atom is -0.338 e. The van der Waals surface area contributed by atoms with Gasteiger partial charge in [-0.25, -0.2) is 4.98 Å². The molecule has 0 amide bonds. The topological polar surface area (TPSA) is 47.7 Å². The van der Waals surface area contributed by atoms with Crippen molar-refractivity contribution in [1.29, 1.82) is 0 Å². The molecule has 0 unspecified atom stereocenters. The first kappa shape index (κ1) is 13.8. The lowest BCUT2D eigenvalue weighted by Gasteiger charge is -2.10. The van der Waals surface area contributed by atoms with Crippen LogP contribution in [0.3, 0.4) is 0 Å². The van der Waals surface area contributed by atoms with Crippen molar-refractivity contribution in [2.75, 3.05) is 6.54 Å². The van der Waals surface area contributed by atoms with Crippen LogP contribution in [-0.2, 0) is 26.6 Å². The lowest BCUT2D eigenvalue weighted by Crippen LogP contribution is -2.21. The van der Waals surface area contributed by atoms with Gasteiger partial charge in [-0.3, -0.25) is 4.68 Å². The summed E-state index contributed by atoms with van der Waals surface area (Å²) >= 11 is 0. The number of nitrogens with zero attached hydrogens (tertiary/aromatic N) is 4. The van der Waals surface area contributed by atoms with Crippen molar-refractivity contribution in [3.05, 3.63) is 36.2 Å². The Hall–Kier alpha value is -1.62. The first-order valence-electron chi connectivity index (χ1n) is 6.84. The molecule has 0 bridgehead atoms. The second-order valence-electron chi connectivity index (χ2n) is 5.27. The van der Waals surface area contributed by atoms with Gasteiger partial charge in [-0.15, -0.1) is 0 Å². The van der Waals surface area contributed by atoms with Crippen LogP contribution in [0.5, 0.6) is 0 Å². The van der Waals surface area contributed by atoms with E-state index in [1.54, 1.807) is 0 Å². The van der Waals surface area contributed by atoms with Gasteiger partial charge in [0.05, 0.1) is 5.69 Å². The molecule has 0 aliphatic carbocycles. The molecule has 0 atom stereocenters. The number of imidazole rings is 1. The molecular weight excluding hydrogens is 238 g/mol. The number of aromatic nitrogens is 4. The molecule has 1 N–H and O–H groups in total. The fourth-order valence-corrected chi connectivity index (χ4v) is 2.04. The molecular formula is C14H23N5. The van der Waals surface area contributed by atoms with Gasteiger partial charge in [0.15, 0.2) is 0 Å². The molecule has 0 aromatic carbocycles. The monoisotopic (exact) mass is 261 g/mol. The highest BCUT2D eigenvalue weighted by Crippen LogP contribution is 2.03. The molecule has 0 aliphatic rings. The molecule has 5 nitrogen and oxygen atoms in total. The maximum atomic E-state index is 4.38. The minimum absolute atomic E-state index is 0.670. The zero-order valence-corrected chi connectivity index (χ0v) is 12.0. The number of nitrogens with one attached hydrogen (secondary N) is 1. The summed E-state index contributed by atoms with van der Waals surface area (Å²) in [6.45, 7) is 7.20. The third-order valence-electron chi connectivity index (χ3n) is 3.13. The van der Waals surface area contributed by atoms with Gasteiger partial charge in [-0.2, -0.15) is 5.10 Å². The van der Waals surface area contributed by atoms with Crippen LogP contribution in [0.15, 0.2) is 24.7 Å². The van der Waals surface area contributed by atoms with Crippen LogP contribution < -0.4 is 5.32 Å². The summed E-state index contributed by atoms with van der Waals surface area (Å²) in [7, 11) is 2.02. The molecule has 0 radical (unpaired) electrons. The van der Waals surface area contributed by atoms with Crippen LogP contribution in [0.1, 0.15) is 25.4 Å². The van der Waals surface area contributed by atoms with Gasteiger partial charge >= 0.3 is 0 Å². The summed E-state index contributed by atoms with van der Waals surface area (Å²) in [5.74, 6) is 1.76. The fraction of sp³-hybridized carbons (Fsp3) is 0.571. The van der Waals surface area contributed by atoms with E-state index in [1.807, 2.05) is 25.6 Å². The van der Waals surface area contributed by atoms with E-state index in [9.17, 15) is 0 Å². The quantitative estimate of drug-likeness (QED) is 0.823. The molecule has 0 spiro atoms. The molecule has 0 saturated heterocycles. The molecule has 0 saturated carbocycles. The van der Waals surface area contributed by atoms with Crippen molar-refractivity contribution < 1.29 is 0 Å². The SMILES string of the molecule is CC(C)CNCc1ccnn1CCc1nccn1C. The highest BCUT2D eigenvalue weighted by Gasteiger charge is 2.05. The van der Waals surface area contributed by atoms with E-state index in [4.69, 9.17) is 0 Å². The third kappa shape index (κ3) is 3.92. The lowest BCUT2D eigenvalue weighted by molar-refractivity contribution is 0.512.